The van der Waals surface area contributed by atoms with E-state index in [2.05, 4.69) is 36.1 Å². The molecule has 1 unspecified atom stereocenters. The molecule has 3 aromatic rings. The highest BCUT2D eigenvalue weighted by molar-refractivity contribution is 6.32. The number of alkyl halides is 1. The molecule has 6 nitrogen and oxygen atoms in total. The summed E-state index contributed by atoms with van der Waals surface area (Å²) in [6.07, 6.45) is 4.47. The first kappa shape index (κ1) is 29.7. The first-order chi connectivity index (χ1) is 20.0. The smallest absolute Gasteiger partial charge is 0.153 e. The summed E-state index contributed by atoms with van der Waals surface area (Å²) in [6, 6.07) is 15.9. The maximum absolute atomic E-state index is 11.7. The summed E-state index contributed by atoms with van der Waals surface area (Å²) < 4.78 is 18.5. The van der Waals surface area contributed by atoms with Gasteiger partial charge in [0.2, 0.25) is 0 Å². The van der Waals surface area contributed by atoms with Gasteiger partial charge in [0.15, 0.2) is 6.29 Å². The number of aliphatic hydroxyl groups is 1. The predicted molar refractivity (Wildman–Crippen MR) is 163 cm³/mol. The molecular formula is C33H37Cl2NO5. The summed E-state index contributed by atoms with van der Waals surface area (Å²) in [5.41, 5.74) is 6.25. The van der Waals surface area contributed by atoms with Crippen molar-refractivity contribution in [3.05, 3.63) is 75.8 Å². The highest BCUT2D eigenvalue weighted by atomic mass is 35.5. The largest absolute Gasteiger partial charge is 0.493 e. The van der Waals surface area contributed by atoms with Crippen LogP contribution in [0.4, 0.5) is 0 Å². The Bertz CT molecular complexity index is 1360. The van der Waals surface area contributed by atoms with Gasteiger partial charge < -0.3 is 24.2 Å². The van der Waals surface area contributed by atoms with Crippen LogP contribution in [0.5, 0.6) is 17.2 Å². The molecule has 2 aliphatic rings. The van der Waals surface area contributed by atoms with Gasteiger partial charge in [-0.3, -0.25) is 4.79 Å². The van der Waals surface area contributed by atoms with Crippen LogP contribution >= 0.6 is 23.2 Å². The zero-order valence-corrected chi connectivity index (χ0v) is 24.9. The SMILES string of the molecule is Cc1c(OCCCCl)cccc1-c1cccc2c1CC[C@@H]2Oc1cc(OCCCN2CCC(O)C2)c(C=O)cc1Cl. The minimum absolute atomic E-state index is 0.164. The number of aliphatic hydroxyl groups excluding tert-OH is 1. The van der Waals surface area contributed by atoms with E-state index < -0.39 is 0 Å². The summed E-state index contributed by atoms with van der Waals surface area (Å²) in [6.45, 7) is 5.59. The minimum atomic E-state index is -0.236. The fraction of sp³-hybridized carbons (Fsp3) is 0.424. The van der Waals surface area contributed by atoms with E-state index in [1.807, 2.05) is 12.1 Å². The number of benzene rings is 3. The van der Waals surface area contributed by atoms with Crippen LogP contribution in [0.2, 0.25) is 5.02 Å². The van der Waals surface area contributed by atoms with Crippen molar-refractivity contribution in [1.29, 1.82) is 0 Å². The van der Waals surface area contributed by atoms with Gasteiger partial charge in [-0.1, -0.05) is 41.9 Å². The molecule has 1 aliphatic carbocycles. The first-order valence-corrected chi connectivity index (χ1v) is 15.3. The monoisotopic (exact) mass is 597 g/mol. The third kappa shape index (κ3) is 7.00. The van der Waals surface area contributed by atoms with E-state index in [0.29, 0.717) is 47.7 Å². The van der Waals surface area contributed by atoms with Crippen molar-refractivity contribution < 1.29 is 24.1 Å². The quantitative estimate of drug-likeness (QED) is 0.129. The standard InChI is InChI=1S/C33H37Cl2NO5/c1-22-25(6-3-9-30(22)39-16-4-13-34)26-7-2-8-28-27(26)10-11-31(28)41-33-19-32(23(21-37)18-29(33)35)40-17-5-14-36-15-12-24(38)20-36/h2-3,6-9,18-19,21,24,31,38H,4-5,10-17,20H2,1H3/t24?,31-/m0/s1. The summed E-state index contributed by atoms with van der Waals surface area (Å²) in [7, 11) is 0. The van der Waals surface area contributed by atoms with Crippen molar-refractivity contribution >= 4 is 29.5 Å². The number of carbonyl (C=O) groups is 1. The first-order valence-electron chi connectivity index (χ1n) is 14.4. The van der Waals surface area contributed by atoms with Crippen molar-refractivity contribution in [1.82, 2.24) is 4.90 Å². The van der Waals surface area contributed by atoms with Crippen LogP contribution in [0.15, 0.2) is 48.5 Å². The molecule has 0 aromatic heterocycles. The summed E-state index contributed by atoms with van der Waals surface area (Å²) >= 11 is 12.4. The highest BCUT2D eigenvalue weighted by Gasteiger charge is 2.28. The Kier molecular flexibility index (Phi) is 10.1. The van der Waals surface area contributed by atoms with Crippen LogP contribution in [-0.4, -0.2) is 61.1 Å². The Labute approximate surface area is 252 Å². The van der Waals surface area contributed by atoms with Crippen molar-refractivity contribution in [2.75, 3.05) is 38.7 Å². The second-order valence-electron chi connectivity index (χ2n) is 10.7. The van der Waals surface area contributed by atoms with Crippen LogP contribution in [0.1, 0.15) is 58.8 Å². The van der Waals surface area contributed by atoms with E-state index in [9.17, 15) is 9.90 Å². The lowest BCUT2D eigenvalue weighted by molar-refractivity contribution is 0.111. The fourth-order valence-corrected chi connectivity index (χ4v) is 6.11. The van der Waals surface area contributed by atoms with Crippen molar-refractivity contribution in [3.8, 4) is 28.4 Å². The topological polar surface area (TPSA) is 68.2 Å². The fourth-order valence-electron chi connectivity index (χ4n) is 5.79. The number of halogens is 2. The van der Waals surface area contributed by atoms with Crippen LogP contribution < -0.4 is 14.2 Å². The molecule has 5 rings (SSSR count). The maximum atomic E-state index is 11.7. The van der Waals surface area contributed by atoms with Crippen LogP contribution in [0.3, 0.4) is 0 Å². The van der Waals surface area contributed by atoms with Gasteiger partial charge in [-0.05, 0) is 79.0 Å². The molecule has 0 amide bonds. The summed E-state index contributed by atoms with van der Waals surface area (Å²) in [5.74, 6) is 2.42. The predicted octanol–water partition coefficient (Wildman–Crippen LogP) is 7.04. The molecule has 0 saturated carbocycles. The number of carbonyl (C=O) groups excluding carboxylic acids is 1. The van der Waals surface area contributed by atoms with Gasteiger partial charge in [0.25, 0.3) is 0 Å². The van der Waals surface area contributed by atoms with Crippen LogP contribution in [0, 0.1) is 6.92 Å². The number of nitrogens with zero attached hydrogens (tertiary/aromatic N) is 1. The Morgan fingerprint density at radius 3 is 2.56 bits per heavy atom. The van der Waals surface area contributed by atoms with E-state index in [1.54, 1.807) is 12.1 Å². The third-order valence-electron chi connectivity index (χ3n) is 7.91. The number of aldehydes is 1. The zero-order valence-electron chi connectivity index (χ0n) is 23.4. The zero-order chi connectivity index (χ0) is 28.8. The lowest BCUT2D eigenvalue weighted by Crippen LogP contribution is -2.24. The number of β-amino-alcohol motifs (C(OH)–C–C–N with tert-alkyl or cyclic N) is 1. The molecule has 1 heterocycles. The molecular weight excluding hydrogens is 561 g/mol. The molecule has 0 bridgehead atoms. The van der Waals surface area contributed by atoms with Crippen molar-refractivity contribution in [2.24, 2.45) is 0 Å². The Hall–Kier alpha value is -2.77. The van der Waals surface area contributed by atoms with E-state index in [1.165, 1.54) is 11.1 Å². The molecule has 0 radical (unpaired) electrons. The number of likely N-dealkylation sites (tertiary alicyclic amines) is 1. The Morgan fingerprint density at radius 2 is 1.78 bits per heavy atom. The number of fused-ring (bicyclic) bond motifs is 1. The molecule has 0 spiro atoms. The number of ether oxygens (including phenoxy) is 3. The second kappa shape index (κ2) is 13.9. The van der Waals surface area contributed by atoms with Gasteiger partial charge in [0.1, 0.15) is 23.4 Å². The summed E-state index contributed by atoms with van der Waals surface area (Å²) in [5, 5.41) is 10.1. The average Bonchev–Trinajstić information content (AvgIpc) is 3.59. The Balaban J connectivity index is 1.31. The molecule has 218 valence electrons. The van der Waals surface area contributed by atoms with Gasteiger partial charge in [-0.25, -0.2) is 0 Å². The molecule has 1 fully saturated rings. The van der Waals surface area contributed by atoms with Gasteiger partial charge in [-0.15, -0.1) is 11.6 Å². The third-order valence-corrected chi connectivity index (χ3v) is 8.47. The van der Waals surface area contributed by atoms with Gasteiger partial charge in [-0.2, -0.15) is 0 Å². The maximum Gasteiger partial charge on any atom is 0.153 e. The summed E-state index contributed by atoms with van der Waals surface area (Å²) in [4.78, 5) is 14.0. The van der Waals surface area contributed by atoms with Crippen LogP contribution in [-0.2, 0) is 6.42 Å². The number of hydrogen-bond acceptors (Lipinski definition) is 6. The average molecular weight is 599 g/mol. The highest BCUT2D eigenvalue weighted by Crippen LogP contribution is 2.43. The normalized spacial score (nSPS) is 18.3. The molecule has 1 aliphatic heterocycles. The number of hydrogen-bond donors (Lipinski definition) is 1. The molecule has 41 heavy (non-hydrogen) atoms. The molecule has 2 atom stereocenters. The molecule has 1 saturated heterocycles. The van der Waals surface area contributed by atoms with E-state index >= 15 is 0 Å². The lowest BCUT2D eigenvalue weighted by atomic mass is 9.93. The Morgan fingerprint density at radius 1 is 1.00 bits per heavy atom. The molecule has 3 aromatic carbocycles. The lowest BCUT2D eigenvalue weighted by Gasteiger charge is -2.19. The van der Waals surface area contributed by atoms with Gasteiger partial charge >= 0.3 is 0 Å². The van der Waals surface area contributed by atoms with Crippen molar-refractivity contribution in [2.45, 2.75) is 51.2 Å². The second-order valence-corrected chi connectivity index (χ2v) is 11.5. The van der Waals surface area contributed by atoms with E-state index in [-0.39, 0.29) is 12.2 Å². The van der Waals surface area contributed by atoms with Gasteiger partial charge in [0.05, 0.1) is 29.9 Å². The minimum Gasteiger partial charge on any atom is -0.493 e. The van der Waals surface area contributed by atoms with Crippen molar-refractivity contribution in [3.63, 3.8) is 0 Å². The van der Waals surface area contributed by atoms with E-state index in [0.717, 1.165) is 73.9 Å². The van der Waals surface area contributed by atoms with Gasteiger partial charge in [0, 0.05) is 31.6 Å². The molecule has 8 heteroatoms. The van der Waals surface area contributed by atoms with E-state index in [4.69, 9.17) is 37.4 Å². The number of rotatable bonds is 13. The van der Waals surface area contributed by atoms with Crippen LogP contribution in [0.25, 0.3) is 11.1 Å². The molecule has 1 N–H and O–H groups in total.